The highest BCUT2D eigenvalue weighted by Gasteiger charge is 2.22. The average Bonchev–Trinajstić information content (AvgIpc) is 3.09. The summed E-state index contributed by atoms with van der Waals surface area (Å²) < 4.78 is 6.94. The monoisotopic (exact) mass is 316 g/mol. The fourth-order valence-electron chi connectivity index (χ4n) is 3.09. The summed E-state index contributed by atoms with van der Waals surface area (Å²) in [6.45, 7) is 2.04. The molecule has 24 heavy (non-hydrogen) atoms. The van der Waals surface area contributed by atoms with Crippen LogP contribution < -0.4 is 0 Å². The number of esters is 1. The number of fused-ring (bicyclic) bond motifs is 2. The quantitative estimate of drug-likeness (QED) is 0.521. The molecule has 0 radical (unpaired) electrons. The minimum Gasteiger partial charge on any atom is -0.465 e. The number of aromatic nitrogens is 2. The Balaban J connectivity index is 1.99. The molecule has 0 aliphatic heterocycles. The Hall–Kier alpha value is -3.14. The van der Waals surface area contributed by atoms with Crippen LogP contribution in [-0.4, -0.2) is 22.5 Å². The number of aryl methyl sites for hydroxylation is 1. The lowest BCUT2D eigenvalue weighted by Gasteiger charge is -1.99. The van der Waals surface area contributed by atoms with Crippen molar-refractivity contribution in [2.75, 3.05) is 7.11 Å². The summed E-state index contributed by atoms with van der Waals surface area (Å²) in [4.78, 5) is 16.9. The molecule has 4 rings (SSSR count). The van der Waals surface area contributed by atoms with Gasteiger partial charge in [0.15, 0.2) is 0 Å². The second-order valence-corrected chi connectivity index (χ2v) is 5.75. The number of ether oxygens (including phenoxy) is 1. The second kappa shape index (κ2) is 5.49. The summed E-state index contributed by atoms with van der Waals surface area (Å²) in [6, 6.07) is 15.7. The summed E-state index contributed by atoms with van der Waals surface area (Å²) in [5.74, 6) is -0.336. The number of hydrogen-bond donors (Lipinski definition) is 0. The standard InChI is InChI=1S/C20H16N2O2/c1-13-7-6-10-22-12-18(21-19(13)22)16-11-17(20(23)24-2)15-9-5-3-4-8-14(15)16/h3-12H,1-2H3. The van der Waals surface area contributed by atoms with Crippen LogP contribution in [0.1, 0.15) is 15.9 Å². The molecule has 0 atom stereocenters. The zero-order valence-electron chi connectivity index (χ0n) is 13.5. The number of hydrogen-bond acceptors (Lipinski definition) is 3. The molecule has 4 nitrogen and oxygen atoms in total. The molecule has 2 aliphatic carbocycles. The molecule has 2 heterocycles. The van der Waals surface area contributed by atoms with Gasteiger partial charge in [0, 0.05) is 18.0 Å². The van der Waals surface area contributed by atoms with Gasteiger partial charge in [-0.15, -0.1) is 0 Å². The molecule has 0 amide bonds. The largest absolute Gasteiger partial charge is 0.465 e. The van der Waals surface area contributed by atoms with Crippen molar-refractivity contribution in [2.45, 2.75) is 6.92 Å². The number of carbonyl (C=O) groups excluding carboxylic acids is 1. The van der Waals surface area contributed by atoms with E-state index in [-0.39, 0.29) is 5.97 Å². The Morgan fingerprint density at radius 2 is 1.83 bits per heavy atom. The molecule has 2 aromatic rings. The van der Waals surface area contributed by atoms with Gasteiger partial charge in [0.2, 0.25) is 0 Å². The molecule has 2 aliphatic rings. The molecular formula is C20H16N2O2. The van der Waals surface area contributed by atoms with Gasteiger partial charge in [0.25, 0.3) is 0 Å². The zero-order chi connectivity index (χ0) is 16.7. The van der Waals surface area contributed by atoms with Crippen LogP contribution in [0.5, 0.6) is 0 Å². The average molecular weight is 316 g/mol. The fraction of sp³-hybridized carbons (Fsp3) is 0.100. The third-order valence-electron chi connectivity index (χ3n) is 4.27. The molecule has 0 N–H and O–H groups in total. The topological polar surface area (TPSA) is 43.6 Å². The predicted molar refractivity (Wildman–Crippen MR) is 93.3 cm³/mol. The minimum atomic E-state index is -0.336. The van der Waals surface area contributed by atoms with Crippen molar-refractivity contribution in [3.8, 4) is 22.4 Å². The van der Waals surface area contributed by atoms with Crippen molar-refractivity contribution < 1.29 is 9.53 Å². The highest BCUT2D eigenvalue weighted by atomic mass is 16.5. The number of rotatable bonds is 2. The zero-order valence-corrected chi connectivity index (χ0v) is 13.5. The van der Waals surface area contributed by atoms with Crippen molar-refractivity contribution in [3.63, 3.8) is 0 Å². The van der Waals surface area contributed by atoms with E-state index in [9.17, 15) is 4.79 Å². The molecule has 0 bridgehead atoms. The van der Waals surface area contributed by atoms with Crippen molar-refractivity contribution in [1.29, 1.82) is 0 Å². The lowest BCUT2D eigenvalue weighted by Crippen LogP contribution is -1.99. The first-order chi connectivity index (χ1) is 11.7. The van der Waals surface area contributed by atoms with Crippen LogP contribution in [0.15, 0.2) is 60.9 Å². The van der Waals surface area contributed by atoms with Crippen LogP contribution in [0.2, 0.25) is 0 Å². The Kier molecular flexibility index (Phi) is 3.31. The van der Waals surface area contributed by atoms with E-state index in [1.165, 1.54) is 7.11 Å². The van der Waals surface area contributed by atoms with Gasteiger partial charge >= 0.3 is 5.97 Å². The van der Waals surface area contributed by atoms with Gasteiger partial charge in [-0.1, -0.05) is 36.4 Å². The molecule has 0 saturated heterocycles. The van der Waals surface area contributed by atoms with Crippen molar-refractivity contribution in [1.82, 2.24) is 9.38 Å². The van der Waals surface area contributed by atoms with E-state index in [0.29, 0.717) is 5.56 Å². The molecular weight excluding hydrogens is 300 g/mol. The Morgan fingerprint density at radius 1 is 1.04 bits per heavy atom. The van der Waals surface area contributed by atoms with E-state index >= 15 is 0 Å². The lowest BCUT2D eigenvalue weighted by atomic mass is 10.1. The summed E-state index contributed by atoms with van der Waals surface area (Å²) >= 11 is 0. The van der Waals surface area contributed by atoms with Crippen LogP contribution in [0, 0.1) is 6.92 Å². The number of pyridine rings is 1. The van der Waals surface area contributed by atoms with Gasteiger partial charge in [-0.2, -0.15) is 0 Å². The van der Waals surface area contributed by atoms with Gasteiger partial charge in [0.1, 0.15) is 5.65 Å². The smallest absolute Gasteiger partial charge is 0.338 e. The Morgan fingerprint density at radius 3 is 2.58 bits per heavy atom. The van der Waals surface area contributed by atoms with E-state index in [4.69, 9.17) is 9.72 Å². The van der Waals surface area contributed by atoms with Gasteiger partial charge in [0.05, 0.1) is 18.4 Å². The van der Waals surface area contributed by atoms with Crippen LogP contribution >= 0.6 is 0 Å². The summed E-state index contributed by atoms with van der Waals surface area (Å²) in [7, 11) is 1.40. The molecule has 0 aromatic carbocycles. The fourth-order valence-corrected chi connectivity index (χ4v) is 3.09. The number of nitrogens with zero attached hydrogens (tertiary/aromatic N) is 2. The molecule has 0 unspecified atom stereocenters. The van der Waals surface area contributed by atoms with Crippen molar-refractivity contribution in [3.05, 3.63) is 72.1 Å². The number of carbonyl (C=O) groups is 1. The Bertz CT molecular complexity index is 1030. The SMILES string of the molecule is COC(=O)c1cc(-c2cn3cccc(C)c3n2)c2cccccc1-2. The van der Waals surface area contributed by atoms with Crippen LogP contribution in [-0.2, 0) is 4.74 Å². The summed E-state index contributed by atoms with van der Waals surface area (Å²) in [6.07, 6.45) is 3.97. The minimum absolute atomic E-state index is 0.336. The van der Waals surface area contributed by atoms with E-state index in [0.717, 1.165) is 33.6 Å². The summed E-state index contributed by atoms with van der Waals surface area (Å²) in [5, 5.41) is 0. The number of methoxy groups -OCH3 is 1. The van der Waals surface area contributed by atoms with Crippen LogP contribution in [0.25, 0.3) is 28.0 Å². The maximum atomic E-state index is 12.2. The third-order valence-corrected chi connectivity index (χ3v) is 4.27. The van der Waals surface area contributed by atoms with E-state index < -0.39 is 0 Å². The van der Waals surface area contributed by atoms with Gasteiger partial charge in [-0.05, 0) is 35.7 Å². The third kappa shape index (κ3) is 2.15. The first-order valence-electron chi connectivity index (χ1n) is 7.74. The first-order valence-corrected chi connectivity index (χ1v) is 7.74. The van der Waals surface area contributed by atoms with Gasteiger partial charge in [-0.3, -0.25) is 0 Å². The molecule has 4 heteroatoms. The molecule has 0 fully saturated rings. The van der Waals surface area contributed by atoms with E-state index in [1.807, 2.05) is 72.2 Å². The molecule has 0 spiro atoms. The van der Waals surface area contributed by atoms with Crippen molar-refractivity contribution >= 4 is 11.6 Å². The maximum Gasteiger partial charge on any atom is 0.338 e. The molecule has 118 valence electrons. The predicted octanol–water partition coefficient (Wildman–Crippen LogP) is 4.20. The first kappa shape index (κ1) is 14.5. The normalized spacial score (nSPS) is 11.1. The lowest BCUT2D eigenvalue weighted by molar-refractivity contribution is 0.0602. The highest BCUT2D eigenvalue weighted by Crippen LogP contribution is 2.38. The van der Waals surface area contributed by atoms with E-state index in [2.05, 4.69) is 0 Å². The van der Waals surface area contributed by atoms with Crippen molar-refractivity contribution in [2.24, 2.45) is 0 Å². The second-order valence-electron chi connectivity index (χ2n) is 5.75. The van der Waals surface area contributed by atoms with Gasteiger partial charge in [-0.25, -0.2) is 9.78 Å². The van der Waals surface area contributed by atoms with E-state index in [1.54, 1.807) is 0 Å². The molecule has 2 aromatic heterocycles. The Labute approximate surface area is 139 Å². The van der Waals surface area contributed by atoms with Gasteiger partial charge < -0.3 is 9.14 Å². The molecule has 0 saturated carbocycles. The van der Waals surface area contributed by atoms with Crippen LogP contribution in [0.4, 0.5) is 0 Å². The van der Waals surface area contributed by atoms with Crippen LogP contribution in [0.3, 0.4) is 0 Å². The number of imidazole rings is 1. The maximum absolute atomic E-state index is 12.2. The highest BCUT2D eigenvalue weighted by molar-refractivity contribution is 6.04. The summed E-state index contributed by atoms with van der Waals surface area (Å²) in [5.41, 5.74) is 6.23.